The molecule has 0 heterocycles. The van der Waals surface area contributed by atoms with Crippen LogP contribution in [0.25, 0.3) is 11.1 Å². The quantitative estimate of drug-likeness (QED) is 0.784. The minimum atomic E-state index is -0.404. The van der Waals surface area contributed by atoms with Crippen molar-refractivity contribution in [1.82, 2.24) is 5.32 Å². The lowest BCUT2D eigenvalue weighted by atomic mass is 10.0. The standard InChI is InChI=1S/C17H19ClFNO/c1-3-8-20-11-14-9-12(5-7-17(14)21-2)13-4-6-16(19)15(18)10-13/h4-7,9-10,20H,3,8,11H2,1-2H3. The molecule has 2 aromatic carbocycles. The van der Waals surface area contributed by atoms with Crippen LogP contribution in [0.3, 0.4) is 0 Å². The number of benzene rings is 2. The van der Waals surface area contributed by atoms with E-state index in [1.165, 1.54) is 6.07 Å². The van der Waals surface area contributed by atoms with Crippen molar-refractivity contribution in [2.45, 2.75) is 19.9 Å². The molecule has 2 aromatic rings. The summed E-state index contributed by atoms with van der Waals surface area (Å²) < 4.78 is 18.6. The smallest absolute Gasteiger partial charge is 0.141 e. The van der Waals surface area contributed by atoms with Crippen LogP contribution in [0.15, 0.2) is 36.4 Å². The Morgan fingerprint density at radius 3 is 2.52 bits per heavy atom. The number of methoxy groups -OCH3 is 1. The molecule has 2 rings (SSSR count). The highest BCUT2D eigenvalue weighted by atomic mass is 35.5. The fourth-order valence-corrected chi connectivity index (χ4v) is 2.35. The third kappa shape index (κ3) is 3.96. The summed E-state index contributed by atoms with van der Waals surface area (Å²) in [4.78, 5) is 0. The molecule has 0 aliphatic heterocycles. The highest BCUT2D eigenvalue weighted by Crippen LogP contribution is 2.29. The third-order valence-corrected chi connectivity index (χ3v) is 3.57. The van der Waals surface area contributed by atoms with Crippen molar-refractivity contribution in [3.05, 3.63) is 52.8 Å². The predicted octanol–water partition coefficient (Wildman–Crippen LogP) is 4.65. The van der Waals surface area contributed by atoms with Gasteiger partial charge in [-0.05, 0) is 48.4 Å². The third-order valence-electron chi connectivity index (χ3n) is 3.28. The van der Waals surface area contributed by atoms with Gasteiger partial charge in [-0.3, -0.25) is 0 Å². The summed E-state index contributed by atoms with van der Waals surface area (Å²) in [6.07, 6.45) is 1.08. The molecule has 4 heteroatoms. The summed E-state index contributed by atoms with van der Waals surface area (Å²) in [7, 11) is 1.66. The molecule has 0 spiro atoms. The van der Waals surface area contributed by atoms with Gasteiger partial charge in [-0.25, -0.2) is 4.39 Å². The van der Waals surface area contributed by atoms with E-state index in [9.17, 15) is 4.39 Å². The summed E-state index contributed by atoms with van der Waals surface area (Å²) in [6.45, 7) is 3.82. The zero-order valence-corrected chi connectivity index (χ0v) is 13.0. The number of nitrogens with one attached hydrogen (secondary N) is 1. The average molecular weight is 308 g/mol. The van der Waals surface area contributed by atoms with Gasteiger partial charge < -0.3 is 10.1 Å². The maximum absolute atomic E-state index is 13.3. The van der Waals surface area contributed by atoms with E-state index in [1.54, 1.807) is 19.2 Å². The normalized spacial score (nSPS) is 10.7. The molecule has 0 amide bonds. The van der Waals surface area contributed by atoms with Crippen LogP contribution < -0.4 is 10.1 Å². The minimum Gasteiger partial charge on any atom is -0.496 e. The molecular weight excluding hydrogens is 289 g/mol. The first kappa shape index (κ1) is 15.8. The Bertz CT molecular complexity index is 616. The van der Waals surface area contributed by atoms with Gasteiger partial charge in [0.15, 0.2) is 0 Å². The van der Waals surface area contributed by atoms with E-state index < -0.39 is 5.82 Å². The summed E-state index contributed by atoms with van der Waals surface area (Å²) in [6, 6.07) is 10.7. The van der Waals surface area contributed by atoms with Gasteiger partial charge in [0.1, 0.15) is 11.6 Å². The average Bonchev–Trinajstić information content (AvgIpc) is 2.50. The van der Waals surface area contributed by atoms with Crippen molar-refractivity contribution in [3.63, 3.8) is 0 Å². The van der Waals surface area contributed by atoms with Gasteiger partial charge in [0.25, 0.3) is 0 Å². The zero-order valence-electron chi connectivity index (χ0n) is 12.2. The lowest BCUT2D eigenvalue weighted by molar-refractivity contribution is 0.408. The number of hydrogen-bond acceptors (Lipinski definition) is 2. The molecule has 21 heavy (non-hydrogen) atoms. The van der Waals surface area contributed by atoms with E-state index in [0.29, 0.717) is 0 Å². The summed E-state index contributed by atoms with van der Waals surface area (Å²) >= 11 is 5.85. The second-order valence-corrected chi connectivity index (χ2v) is 5.24. The predicted molar refractivity (Wildman–Crippen MR) is 85.4 cm³/mol. The van der Waals surface area contributed by atoms with Gasteiger partial charge in [0, 0.05) is 12.1 Å². The van der Waals surface area contributed by atoms with E-state index in [-0.39, 0.29) is 5.02 Å². The van der Waals surface area contributed by atoms with Gasteiger partial charge in [-0.1, -0.05) is 30.7 Å². The van der Waals surface area contributed by atoms with Crippen LogP contribution in [-0.2, 0) is 6.54 Å². The maximum Gasteiger partial charge on any atom is 0.141 e. The number of rotatable bonds is 6. The molecule has 0 radical (unpaired) electrons. The molecule has 0 aromatic heterocycles. The first-order valence-electron chi connectivity index (χ1n) is 6.98. The largest absolute Gasteiger partial charge is 0.496 e. The van der Waals surface area contributed by atoms with Crippen molar-refractivity contribution >= 4 is 11.6 Å². The van der Waals surface area contributed by atoms with E-state index >= 15 is 0 Å². The van der Waals surface area contributed by atoms with Crippen molar-refractivity contribution in [3.8, 4) is 16.9 Å². The van der Waals surface area contributed by atoms with Gasteiger partial charge in [-0.15, -0.1) is 0 Å². The van der Waals surface area contributed by atoms with Crippen LogP contribution in [0.5, 0.6) is 5.75 Å². The summed E-state index contributed by atoms with van der Waals surface area (Å²) in [5, 5.41) is 3.49. The summed E-state index contributed by atoms with van der Waals surface area (Å²) in [5.74, 6) is 0.439. The first-order chi connectivity index (χ1) is 10.2. The highest BCUT2D eigenvalue weighted by molar-refractivity contribution is 6.31. The zero-order chi connectivity index (χ0) is 15.2. The minimum absolute atomic E-state index is 0.133. The Morgan fingerprint density at radius 2 is 1.86 bits per heavy atom. The van der Waals surface area contributed by atoms with Crippen LogP contribution >= 0.6 is 11.6 Å². The topological polar surface area (TPSA) is 21.3 Å². The van der Waals surface area contributed by atoms with Crippen LogP contribution in [-0.4, -0.2) is 13.7 Å². The molecule has 112 valence electrons. The van der Waals surface area contributed by atoms with E-state index in [0.717, 1.165) is 42.0 Å². The molecule has 0 unspecified atom stereocenters. The Morgan fingerprint density at radius 1 is 1.14 bits per heavy atom. The first-order valence-corrected chi connectivity index (χ1v) is 7.36. The van der Waals surface area contributed by atoms with Crippen molar-refractivity contribution < 1.29 is 9.13 Å². The van der Waals surface area contributed by atoms with Crippen LogP contribution in [0.1, 0.15) is 18.9 Å². The van der Waals surface area contributed by atoms with Gasteiger partial charge >= 0.3 is 0 Å². The Kier molecular flexibility index (Phi) is 5.59. The van der Waals surface area contributed by atoms with E-state index in [1.807, 2.05) is 18.2 Å². The molecular formula is C17H19ClFNO. The maximum atomic E-state index is 13.3. The fourth-order valence-electron chi connectivity index (χ4n) is 2.17. The van der Waals surface area contributed by atoms with Crippen LogP contribution in [0.4, 0.5) is 4.39 Å². The van der Waals surface area contributed by atoms with Crippen molar-refractivity contribution in [1.29, 1.82) is 0 Å². The van der Waals surface area contributed by atoms with Gasteiger partial charge in [-0.2, -0.15) is 0 Å². The monoisotopic (exact) mass is 307 g/mol. The van der Waals surface area contributed by atoms with Crippen molar-refractivity contribution in [2.24, 2.45) is 0 Å². The molecule has 1 N–H and O–H groups in total. The lowest BCUT2D eigenvalue weighted by Gasteiger charge is -2.12. The Balaban J connectivity index is 2.31. The van der Waals surface area contributed by atoms with E-state index in [4.69, 9.17) is 16.3 Å². The second-order valence-electron chi connectivity index (χ2n) is 4.83. The molecule has 0 aliphatic rings. The Labute approximate surface area is 129 Å². The number of halogens is 2. The number of ether oxygens (including phenoxy) is 1. The molecule has 0 atom stereocenters. The van der Waals surface area contributed by atoms with Crippen molar-refractivity contribution in [2.75, 3.05) is 13.7 Å². The second kappa shape index (κ2) is 7.43. The SMILES string of the molecule is CCCNCc1cc(-c2ccc(F)c(Cl)c2)ccc1OC. The molecule has 0 saturated heterocycles. The number of hydrogen-bond donors (Lipinski definition) is 1. The molecule has 0 saturated carbocycles. The van der Waals surface area contributed by atoms with E-state index in [2.05, 4.69) is 12.2 Å². The van der Waals surface area contributed by atoms with Gasteiger partial charge in [0.05, 0.1) is 12.1 Å². The fraction of sp³-hybridized carbons (Fsp3) is 0.294. The van der Waals surface area contributed by atoms with Gasteiger partial charge in [0.2, 0.25) is 0 Å². The highest BCUT2D eigenvalue weighted by Gasteiger charge is 2.08. The Hall–Kier alpha value is -1.58. The summed E-state index contributed by atoms with van der Waals surface area (Å²) in [5.41, 5.74) is 2.95. The van der Waals surface area contributed by atoms with Crippen LogP contribution in [0, 0.1) is 5.82 Å². The lowest BCUT2D eigenvalue weighted by Crippen LogP contribution is -2.14. The van der Waals surface area contributed by atoms with Crippen LogP contribution in [0.2, 0.25) is 5.02 Å². The molecule has 2 nitrogen and oxygen atoms in total. The molecule has 0 bridgehead atoms. The molecule has 0 aliphatic carbocycles. The molecule has 0 fully saturated rings.